The van der Waals surface area contributed by atoms with Gasteiger partial charge in [-0.15, -0.1) is 0 Å². The van der Waals surface area contributed by atoms with Gasteiger partial charge in [0, 0.05) is 29.7 Å². The van der Waals surface area contributed by atoms with Crippen LogP contribution in [0.15, 0.2) is 48.7 Å². The summed E-state index contributed by atoms with van der Waals surface area (Å²) in [5, 5.41) is 6.15. The molecular weight excluding hydrogens is 374 g/mol. The van der Waals surface area contributed by atoms with E-state index in [4.69, 9.17) is 19.9 Å². The van der Waals surface area contributed by atoms with Crippen LogP contribution in [0.4, 0.5) is 23.1 Å². The molecule has 0 aliphatic carbocycles. The molecule has 1 amide bonds. The highest BCUT2D eigenvalue weighted by molar-refractivity contribution is 5.98. The second-order valence-corrected chi connectivity index (χ2v) is 5.87. The minimum absolute atomic E-state index is 0.158. The van der Waals surface area contributed by atoms with Gasteiger partial charge in [0.05, 0.1) is 21.3 Å². The van der Waals surface area contributed by atoms with Crippen LogP contribution in [-0.2, 0) is 0 Å². The maximum absolute atomic E-state index is 11.8. The lowest BCUT2D eigenvalue weighted by molar-refractivity contribution is 0.100. The number of rotatable bonds is 8. The summed E-state index contributed by atoms with van der Waals surface area (Å²) in [6.45, 7) is 0. The minimum atomic E-state index is -0.645. The first-order chi connectivity index (χ1) is 14.0. The molecule has 0 aliphatic rings. The van der Waals surface area contributed by atoms with Gasteiger partial charge in [-0.2, -0.15) is 4.98 Å². The highest BCUT2D eigenvalue weighted by atomic mass is 16.5. The highest BCUT2D eigenvalue weighted by Gasteiger charge is 2.14. The molecule has 9 heteroatoms. The zero-order valence-corrected chi connectivity index (χ0v) is 16.2. The Labute approximate surface area is 167 Å². The van der Waals surface area contributed by atoms with E-state index in [9.17, 15) is 4.79 Å². The number of aromatic nitrogens is 2. The molecule has 29 heavy (non-hydrogen) atoms. The first kappa shape index (κ1) is 19.7. The van der Waals surface area contributed by atoms with Crippen molar-refractivity contribution < 1.29 is 19.0 Å². The lowest BCUT2D eigenvalue weighted by atomic mass is 10.2. The van der Waals surface area contributed by atoms with Crippen LogP contribution in [0.5, 0.6) is 17.2 Å². The van der Waals surface area contributed by atoms with Gasteiger partial charge < -0.3 is 30.6 Å². The van der Waals surface area contributed by atoms with Crippen molar-refractivity contribution in [2.24, 2.45) is 5.73 Å². The molecule has 0 saturated carbocycles. The maximum atomic E-state index is 11.8. The number of carbonyl (C=O) groups is 1. The van der Waals surface area contributed by atoms with Crippen molar-refractivity contribution in [1.82, 2.24) is 9.97 Å². The van der Waals surface area contributed by atoms with Crippen LogP contribution < -0.4 is 30.6 Å². The van der Waals surface area contributed by atoms with Gasteiger partial charge in [-0.05, 0) is 24.3 Å². The van der Waals surface area contributed by atoms with Gasteiger partial charge >= 0.3 is 0 Å². The van der Waals surface area contributed by atoms with Gasteiger partial charge in [0.2, 0.25) is 5.95 Å². The van der Waals surface area contributed by atoms with Gasteiger partial charge in [0.25, 0.3) is 5.91 Å². The zero-order chi connectivity index (χ0) is 20.8. The maximum Gasteiger partial charge on any atom is 0.254 e. The number of nitrogens with zero attached hydrogens (tertiary/aromatic N) is 2. The Morgan fingerprint density at radius 3 is 2.38 bits per heavy atom. The number of anilines is 4. The summed E-state index contributed by atoms with van der Waals surface area (Å²) < 4.78 is 15.7. The third-order valence-corrected chi connectivity index (χ3v) is 4.03. The molecule has 0 spiro atoms. The van der Waals surface area contributed by atoms with Crippen molar-refractivity contribution in [3.8, 4) is 17.2 Å². The number of benzene rings is 2. The lowest BCUT2D eigenvalue weighted by Crippen LogP contribution is -2.15. The number of nitrogens with one attached hydrogen (secondary N) is 2. The number of ether oxygens (including phenoxy) is 3. The summed E-state index contributed by atoms with van der Waals surface area (Å²) in [6.07, 6.45) is 1.36. The SMILES string of the molecule is COc1cccc(Nc2nc(Nc3ccc(OC)c(OC)c3)ncc2C(N)=O)c1. The number of primary amides is 1. The Bertz CT molecular complexity index is 1030. The fourth-order valence-corrected chi connectivity index (χ4v) is 2.60. The van der Waals surface area contributed by atoms with Crippen molar-refractivity contribution >= 4 is 29.0 Å². The van der Waals surface area contributed by atoms with E-state index in [1.165, 1.54) is 6.20 Å². The predicted octanol–water partition coefficient (Wildman–Crippen LogP) is 3.09. The molecule has 9 nitrogen and oxygen atoms in total. The van der Waals surface area contributed by atoms with Gasteiger partial charge in [0.1, 0.15) is 17.1 Å². The summed E-state index contributed by atoms with van der Waals surface area (Å²) in [4.78, 5) is 20.3. The molecule has 3 aromatic rings. The zero-order valence-electron chi connectivity index (χ0n) is 16.2. The third kappa shape index (κ3) is 4.64. The topological polar surface area (TPSA) is 121 Å². The van der Waals surface area contributed by atoms with Crippen LogP contribution in [0.25, 0.3) is 0 Å². The molecule has 0 atom stereocenters. The molecule has 3 rings (SSSR count). The van der Waals surface area contributed by atoms with Gasteiger partial charge in [-0.1, -0.05) is 6.07 Å². The van der Waals surface area contributed by atoms with Gasteiger partial charge in [0.15, 0.2) is 11.5 Å². The van der Waals surface area contributed by atoms with E-state index in [0.29, 0.717) is 28.6 Å². The Morgan fingerprint density at radius 1 is 0.931 bits per heavy atom. The van der Waals surface area contributed by atoms with Crippen molar-refractivity contribution in [3.05, 3.63) is 54.2 Å². The van der Waals surface area contributed by atoms with E-state index in [2.05, 4.69) is 20.6 Å². The highest BCUT2D eigenvalue weighted by Crippen LogP contribution is 2.31. The van der Waals surface area contributed by atoms with Crippen molar-refractivity contribution in [2.75, 3.05) is 32.0 Å². The van der Waals surface area contributed by atoms with E-state index in [1.807, 2.05) is 18.2 Å². The molecule has 0 unspecified atom stereocenters. The van der Waals surface area contributed by atoms with Crippen molar-refractivity contribution in [1.29, 1.82) is 0 Å². The second kappa shape index (κ2) is 8.79. The monoisotopic (exact) mass is 395 g/mol. The smallest absolute Gasteiger partial charge is 0.254 e. The predicted molar refractivity (Wildman–Crippen MR) is 110 cm³/mol. The van der Waals surface area contributed by atoms with Crippen LogP contribution in [0, 0.1) is 0 Å². The van der Waals surface area contributed by atoms with Crippen LogP contribution in [-0.4, -0.2) is 37.2 Å². The fraction of sp³-hybridized carbons (Fsp3) is 0.150. The molecule has 1 heterocycles. The number of nitrogens with two attached hydrogens (primary N) is 1. The van der Waals surface area contributed by atoms with Crippen molar-refractivity contribution in [2.45, 2.75) is 0 Å². The number of hydrogen-bond acceptors (Lipinski definition) is 8. The molecule has 0 saturated heterocycles. The molecule has 0 bridgehead atoms. The molecule has 0 aliphatic heterocycles. The average Bonchev–Trinajstić information content (AvgIpc) is 2.73. The van der Waals surface area contributed by atoms with E-state index < -0.39 is 5.91 Å². The Hall–Kier alpha value is -4.01. The standard InChI is InChI=1S/C20H21N5O4/c1-27-14-6-4-5-12(9-14)23-19-15(18(21)26)11-22-20(25-19)24-13-7-8-16(28-2)17(10-13)29-3/h4-11H,1-3H3,(H2,21,26)(H2,22,23,24,25). The first-order valence-electron chi connectivity index (χ1n) is 8.61. The summed E-state index contributed by atoms with van der Waals surface area (Å²) >= 11 is 0. The number of carbonyl (C=O) groups excluding carboxylic acids is 1. The molecular formula is C20H21N5O4. The van der Waals surface area contributed by atoms with Crippen LogP contribution in [0.1, 0.15) is 10.4 Å². The van der Waals surface area contributed by atoms with Crippen LogP contribution >= 0.6 is 0 Å². The number of amides is 1. The molecule has 4 N–H and O–H groups in total. The van der Waals surface area contributed by atoms with Crippen molar-refractivity contribution in [3.63, 3.8) is 0 Å². The first-order valence-corrected chi connectivity index (χ1v) is 8.61. The van der Waals surface area contributed by atoms with E-state index in [-0.39, 0.29) is 17.3 Å². The molecule has 2 aromatic carbocycles. The largest absolute Gasteiger partial charge is 0.497 e. The average molecular weight is 395 g/mol. The molecule has 0 radical (unpaired) electrons. The number of hydrogen-bond donors (Lipinski definition) is 3. The number of methoxy groups -OCH3 is 3. The van der Waals surface area contributed by atoms with Crippen LogP contribution in [0.2, 0.25) is 0 Å². The summed E-state index contributed by atoms with van der Waals surface area (Å²) in [5.41, 5.74) is 6.99. The van der Waals surface area contributed by atoms with E-state index in [1.54, 1.807) is 45.6 Å². The third-order valence-electron chi connectivity index (χ3n) is 4.03. The summed E-state index contributed by atoms with van der Waals surface area (Å²) in [5.74, 6) is 1.71. The fourth-order valence-electron chi connectivity index (χ4n) is 2.60. The quantitative estimate of drug-likeness (QED) is 0.532. The normalized spacial score (nSPS) is 10.2. The van der Waals surface area contributed by atoms with Gasteiger partial charge in [-0.25, -0.2) is 4.98 Å². The van der Waals surface area contributed by atoms with E-state index >= 15 is 0 Å². The molecule has 0 fully saturated rings. The van der Waals surface area contributed by atoms with Crippen LogP contribution in [0.3, 0.4) is 0 Å². The van der Waals surface area contributed by atoms with Gasteiger partial charge in [-0.3, -0.25) is 4.79 Å². The molecule has 150 valence electrons. The summed E-state index contributed by atoms with van der Waals surface area (Å²) in [7, 11) is 4.69. The lowest BCUT2D eigenvalue weighted by Gasteiger charge is -2.13. The summed E-state index contributed by atoms with van der Waals surface area (Å²) in [6, 6.07) is 12.5. The molecule has 1 aromatic heterocycles. The minimum Gasteiger partial charge on any atom is -0.497 e. The Balaban J connectivity index is 1.91. The second-order valence-electron chi connectivity index (χ2n) is 5.87. The Morgan fingerprint density at radius 2 is 1.69 bits per heavy atom. The Kier molecular flexibility index (Phi) is 5.98. The van der Waals surface area contributed by atoms with E-state index in [0.717, 1.165) is 0 Å².